The summed E-state index contributed by atoms with van der Waals surface area (Å²) >= 11 is 0. The largest absolute Gasteiger partial charge is 0.398 e. The number of fused-ring (bicyclic) bond motifs is 2. The van der Waals surface area contributed by atoms with Gasteiger partial charge in [0, 0.05) is 22.1 Å². The van der Waals surface area contributed by atoms with E-state index < -0.39 is 0 Å². The Morgan fingerprint density at radius 1 is 0.842 bits per heavy atom. The van der Waals surface area contributed by atoms with Gasteiger partial charge >= 0.3 is 0 Å². The summed E-state index contributed by atoms with van der Waals surface area (Å²) in [5.74, 6) is 0. The molecule has 3 aromatic carbocycles. The summed E-state index contributed by atoms with van der Waals surface area (Å²) in [4.78, 5) is 8.81. The molecule has 3 nitrogen and oxygen atoms in total. The first-order valence-electron chi connectivity index (χ1n) is 6.03. The molecule has 0 unspecified atom stereocenters. The maximum atomic E-state index is 8.81. The van der Waals surface area contributed by atoms with Crippen molar-refractivity contribution in [3.8, 4) is 0 Å². The Kier molecular flexibility index (Phi) is 3.66. The van der Waals surface area contributed by atoms with Gasteiger partial charge in [0.1, 0.15) is 6.29 Å². The highest BCUT2D eigenvalue weighted by molar-refractivity contribution is 6.06. The van der Waals surface area contributed by atoms with Crippen LogP contribution >= 0.6 is 0 Å². The number of aldehydes is 1. The zero-order valence-corrected chi connectivity index (χ0v) is 10.8. The number of nitrogens with two attached hydrogens (primary N) is 2. The van der Waals surface area contributed by atoms with Crippen molar-refractivity contribution in [1.82, 2.24) is 0 Å². The van der Waals surface area contributed by atoms with Gasteiger partial charge in [-0.2, -0.15) is 0 Å². The summed E-state index contributed by atoms with van der Waals surface area (Å²) in [5.41, 5.74) is 13.5. The molecule has 4 N–H and O–H groups in total. The highest BCUT2D eigenvalue weighted by Crippen LogP contribution is 2.29. The van der Waals surface area contributed by atoms with Crippen molar-refractivity contribution in [2.75, 3.05) is 11.5 Å². The van der Waals surface area contributed by atoms with Gasteiger partial charge in [0.15, 0.2) is 0 Å². The predicted molar refractivity (Wildman–Crippen MR) is 82.0 cm³/mol. The summed E-state index contributed by atoms with van der Waals surface area (Å²) < 4.78 is 0. The average molecular weight is 252 g/mol. The van der Waals surface area contributed by atoms with E-state index in [1.807, 2.05) is 24.3 Å². The molecule has 0 aliphatic rings. The molecule has 0 saturated carbocycles. The van der Waals surface area contributed by atoms with E-state index in [9.17, 15) is 0 Å². The third-order valence-corrected chi connectivity index (χ3v) is 2.95. The van der Waals surface area contributed by atoms with Gasteiger partial charge in [-0.25, -0.2) is 0 Å². The van der Waals surface area contributed by atoms with E-state index in [0.717, 1.165) is 39.2 Å². The molecule has 0 heterocycles. The average Bonchev–Trinajstić information content (AvgIpc) is 2.39. The molecule has 3 heteroatoms. The van der Waals surface area contributed by atoms with Crippen molar-refractivity contribution in [3.63, 3.8) is 0 Å². The zero-order chi connectivity index (χ0) is 13.8. The van der Waals surface area contributed by atoms with Gasteiger partial charge in [0.05, 0.1) is 0 Å². The lowest BCUT2D eigenvalue weighted by Crippen LogP contribution is -1.89. The first kappa shape index (κ1) is 12.9. The van der Waals surface area contributed by atoms with Crippen LogP contribution < -0.4 is 11.5 Å². The van der Waals surface area contributed by atoms with Crippen LogP contribution in [-0.2, 0) is 4.79 Å². The number of benzene rings is 3. The molecular weight excluding hydrogens is 236 g/mol. The highest BCUT2D eigenvalue weighted by atomic mass is 16.1. The van der Waals surface area contributed by atoms with E-state index in [4.69, 9.17) is 16.3 Å². The summed E-state index contributed by atoms with van der Waals surface area (Å²) in [6.45, 7) is 1.44. The Labute approximate surface area is 111 Å². The number of hydrogen-bond acceptors (Lipinski definition) is 3. The highest BCUT2D eigenvalue weighted by Gasteiger charge is 2.02. The monoisotopic (exact) mass is 252 g/mol. The lowest BCUT2D eigenvalue weighted by atomic mass is 10.0. The van der Waals surface area contributed by atoms with Crippen LogP contribution in [0, 0.1) is 0 Å². The molecule has 0 spiro atoms. The van der Waals surface area contributed by atoms with Crippen molar-refractivity contribution in [2.24, 2.45) is 0 Å². The quantitative estimate of drug-likeness (QED) is 0.366. The van der Waals surface area contributed by atoms with Crippen LogP contribution in [-0.4, -0.2) is 6.29 Å². The van der Waals surface area contributed by atoms with Crippen molar-refractivity contribution >= 4 is 39.2 Å². The van der Waals surface area contributed by atoms with Gasteiger partial charge in [0.25, 0.3) is 0 Å². The lowest BCUT2D eigenvalue weighted by molar-refractivity contribution is -0.106. The molecule has 0 radical (unpaired) electrons. The zero-order valence-electron chi connectivity index (χ0n) is 10.8. The molecular formula is C16H16N2O. The standard InChI is InChI=1S/C14H12N2.C2H4O/c15-13-5-1-3-9-7-12-10(8-11(9)13)4-2-6-14(12)16;1-2-3/h1-8H,15-16H2;2H,1H3. The second kappa shape index (κ2) is 5.40. The maximum absolute atomic E-state index is 8.81. The van der Waals surface area contributed by atoms with Crippen molar-refractivity contribution in [3.05, 3.63) is 48.5 Å². The van der Waals surface area contributed by atoms with Gasteiger partial charge in [-0.1, -0.05) is 24.3 Å². The van der Waals surface area contributed by atoms with Crippen LogP contribution in [0.1, 0.15) is 6.92 Å². The number of hydrogen-bond donors (Lipinski definition) is 2. The van der Waals surface area contributed by atoms with E-state index in [0.29, 0.717) is 0 Å². The Balaban J connectivity index is 0.000000408. The van der Waals surface area contributed by atoms with Gasteiger partial charge in [0.2, 0.25) is 0 Å². The van der Waals surface area contributed by atoms with Crippen molar-refractivity contribution < 1.29 is 4.79 Å². The summed E-state index contributed by atoms with van der Waals surface area (Å²) in [7, 11) is 0. The number of nitrogen functional groups attached to an aromatic ring is 2. The third kappa shape index (κ3) is 2.50. The van der Waals surface area contributed by atoms with E-state index in [1.165, 1.54) is 6.92 Å². The predicted octanol–water partition coefficient (Wildman–Crippen LogP) is 3.36. The summed E-state index contributed by atoms with van der Waals surface area (Å²) in [5, 5.41) is 4.43. The molecule has 3 rings (SSSR count). The fourth-order valence-corrected chi connectivity index (χ4v) is 2.10. The number of anilines is 2. The smallest absolute Gasteiger partial charge is 0.116 e. The third-order valence-electron chi connectivity index (χ3n) is 2.95. The lowest BCUT2D eigenvalue weighted by Gasteiger charge is -2.06. The molecule has 0 aromatic heterocycles. The fourth-order valence-electron chi connectivity index (χ4n) is 2.10. The maximum Gasteiger partial charge on any atom is 0.116 e. The minimum Gasteiger partial charge on any atom is -0.398 e. The second-order valence-corrected chi connectivity index (χ2v) is 4.22. The summed E-state index contributed by atoms with van der Waals surface area (Å²) in [6.07, 6.45) is 0.750. The first-order chi connectivity index (χ1) is 9.17. The van der Waals surface area contributed by atoms with Crippen LogP contribution in [0.25, 0.3) is 21.5 Å². The topological polar surface area (TPSA) is 69.1 Å². The van der Waals surface area contributed by atoms with Crippen LogP contribution in [0.5, 0.6) is 0 Å². The molecule has 0 atom stereocenters. The molecule has 0 fully saturated rings. The minimum atomic E-state index is 0.750. The molecule has 96 valence electrons. The van der Waals surface area contributed by atoms with Crippen LogP contribution in [0.2, 0.25) is 0 Å². The second-order valence-electron chi connectivity index (χ2n) is 4.22. The van der Waals surface area contributed by atoms with Crippen molar-refractivity contribution in [2.45, 2.75) is 6.92 Å². The number of carbonyl (C=O) groups excluding carboxylic acids is 1. The van der Waals surface area contributed by atoms with Crippen LogP contribution in [0.4, 0.5) is 11.4 Å². The molecule has 19 heavy (non-hydrogen) atoms. The molecule has 3 aromatic rings. The minimum absolute atomic E-state index is 0.750. The van der Waals surface area contributed by atoms with Gasteiger partial charge in [-0.15, -0.1) is 0 Å². The van der Waals surface area contributed by atoms with Crippen molar-refractivity contribution in [1.29, 1.82) is 0 Å². The van der Waals surface area contributed by atoms with Crippen LogP contribution in [0.15, 0.2) is 48.5 Å². The summed E-state index contributed by atoms with van der Waals surface area (Å²) in [6, 6.07) is 16.0. The van der Waals surface area contributed by atoms with Crippen LogP contribution in [0.3, 0.4) is 0 Å². The molecule has 0 saturated heterocycles. The Bertz CT molecular complexity index is 674. The molecule has 0 amide bonds. The van der Waals surface area contributed by atoms with Gasteiger partial charge in [-0.3, -0.25) is 0 Å². The Hall–Kier alpha value is -2.55. The van der Waals surface area contributed by atoms with Gasteiger partial charge < -0.3 is 16.3 Å². The van der Waals surface area contributed by atoms with E-state index in [1.54, 1.807) is 0 Å². The number of carbonyl (C=O) groups is 1. The SMILES string of the molecule is CC=O.Nc1cccc2cc3c(N)cccc3cc12. The van der Waals surface area contributed by atoms with E-state index >= 15 is 0 Å². The normalized spacial score (nSPS) is 9.95. The van der Waals surface area contributed by atoms with Gasteiger partial charge in [-0.05, 0) is 42.0 Å². The number of rotatable bonds is 0. The Morgan fingerprint density at radius 3 is 1.58 bits per heavy atom. The molecule has 0 aliphatic carbocycles. The Morgan fingerprint density at radius 2 is 1.21 bits per heavy atom. The molecule has 0 bridgehead atoms. The fraction of sp³-hybridized carbons (Fsp3) is 0.0625. The van der Waals surface area contributed by atoms with E-state index in [2.05, 4.69) is 24.3 Å². The van der Waals surface area contributed by atoms with E-state index in [-0.39, 0.29) is 0 Å². The first-order valence-corrected chi connectivity index (χ1v) is 6.03. The molecule has 0 aliphatic heterocycles.